The van der Waals surface area contributed by atoms with Gasteiger partial charge in [0.15, 0.2) is 0 Å². The smallest absolute Gasteiger partial charge is 0.0562 e. The van der Waals surface area contributed by atoms with Crippen molar-refractivity contribution in [3.8, 4) is 61.3 Å². The maximum Gasteiger partial charge on any atom is 0.0562 e. The van der Waals surface area contributed by atoms with Gasteiger partial charge in [-0.2, -0.15) is 0 Å². The number of hydrogen-bond acceptors (Lipinski definition) is 1. The van der Waals surface area contributed by atoms with Crippen molar-refractivity contribution in [3.05, 3.63) is 255 Å². The summed E-state index contributed by atoms with van der Waals surface area (Å²) < 4.78 is 2.48. The molecule has 0 aliphatic carbocycles. The molecule has 2 heteroatoms. The number of rotatable bonds is 9. The lowest BCUT2D eigenvalue weighted by molar-refractivity contribution is 1.18. The van der Waals surface area contributed by atoms with Crippen molar-refractivity contribution >= 4 is 38.9 Å². The van der Waals surface area contributed by atoms with E-state index < -0.39 is 0 Å². The van der Waals surface area contributed by atoms with Crippen molar-refractivity contribution in [1.29, 1.82) is 0 Å². The Kier molecular flexibility index (Phi) is 9.57. The average molecular weight is 791 g/mol. The minimum Gasteiger partial charge on any atom is -0.310 e. The number of benzene rings is 10. The van der Waals surface area contributed by atoms with Gasteiger partial charge in [-0.15, -0.1) is 0 Å². The molecular weight excluding hydrogens is 749 g/mol. The van der Waals surface area contributed by atoms with Crippen LogP contribution in [0.25, 0.3) is 83.1 Å². The molecule has 0 saturated heterocycles. The molecule has 11 aromatic rings. The molecule has 0 N–H and O–H groups in total. The zero-order valence-corrected chi connectivity index (χ0v) is 34.1. The summed E-state index contributed by atoms with van der Waals surface area (Å²) >= 11 is 0. The fourth-order valence-electron chi connectivity index (χ4n) is 9.00. The summed E-state index contributed by atoms with van der Waals surface area (Å²) in [5.74, 6) is 0. The Balaban J connectivity index is 1.19. The first-order valence-corrected chi connectivity index (χ1v) is 21.3. The molecule has 0 unspecified atom stereocenters. The second-order valence-corrected chi connectivity index (χ2v) is 15.7. The number of anilines is 3. The minimum absolute atomic E-state index is 1.07. The minimum atomic E-state index is 1.07. The van der Waals surface area contributed by atoms with E-state index in [1.807, 2.05) is 0 Å². The molecule has 0 radical (unpaired) electrons. The van der Waals surface area contributed by atoms with Crippen molar-refractivity contribution in [2.45, 2.75) is 0 Å². The molecule has 0 bridgehead atoms. The van der Waals surface area contributed by atoms with Gasteiger partial charge in [0.25, 0.3) is 0 Å². The summed E-state index contributed by atoms with van der Waals surface area (Å²) in [5, 5.41) is 2.42. The van der Waals surface area contributed by atoms with Gasteiger partial charge in [-0.05, 0) is 87.0 Å². The summed E-state index contributed by atoms with van der Waals surface area (Å²) in [6.07, 6.45) is 0. The quantitative estimate of drug-likeness (QED) is 0.141. The van der Waals surface area contributed by atoms with Crippen LogP contribution < -0.4 is 4.90 Å². The molecule has 62 heavy (non-hydrogen) atoms. The van der Waals surface area contributed by atoms with Crippen molar-refractivity contribution in [2.24, 2.45) is 0 Å². The molecule has 0 fully saturated rings. The van der Waals surface area contributed by atoms with Crippen LogP contribution in [0, 0.1) is 0 Å². The molecule has 0 atom stereocenters. The average Bonchev–Trinajstić information content (AvgIpc) is 3.69. The van der Waals surface area contributed by atoms with E-state index in [0.29, 0.717) is 0 Å². The van der Waals surface area contributed by atoms with Gasteiger partial charge < -0.3 is 9.47 Å². The van der Waals surface area contributed by atoms with Gasteiger partial charge in [0, 0.05) is 33.3 Å². The highest BCUT2D eigenvalue weighted by Gasteiger charge is 2.22. The summed E-state index contributed by atoms with van der Waals surface area (Å²) in [5.41, 5.74) is 18.4. The Bertz CT molecular complexity index is 3300. The van der Waals surface area contributed by atoms with Gasteiger partial charge in [-0.1, -0.05) is 212 Å². The van der Waals surface area contributed by atoms with E-state index in [1.54, 1.807) is 0 Å². The SMILES string of the molecule is c1ccc(-c2ccc(N(c3ccc4c5ccccc5n(-c5cc(-c6ccccc6)ccc5-c5ccccc5)c4c3)c3cc(-c4ccccc4)ccc3-c3ccccc3)cc2)cc1. The predicted octanol–water partition coefficient (Wildman–Crippen LogP) is 16.6. The number of aromatic nitrogens is 1. The van der Waals surface area contributed by atoms with Crippen LogP contribution in [0.15, 0.2) is 255 Å². The number of hydrogen-bond donors (Lipinski definition) is 0. The summed E-state index contributed by atoms with van der Waals surface area (Å²) in [7, 11) is 0. The van der Waals surface area contributed by atoms with Crippen LogP contribution >= 0.6 is 0 Å². The number of para-hydroxylation sites is 1. The molecule has 0 aliphatic heterocycles. The van der Waals surface area contributed by atoms with E-state index in [-0.39, 0.29) is 0 Å². The van der Waals surface area contributed by atoms with Gasteiger partial charge in [0.1, 0.15) is 0 Å². The Hall–Kier alpha value is -8.20. The van der Waals surface area contributed by atoms with Crippen LogP contribution in [0.1, 0.15) is 0 Å². The van der Waals surface area contributed by atoms with E-state index in [2.05, 4.69) is 264 Å². The lowest BCUT2D eigenvalue weighted by atomic mass is 9.96. The van der Waals surface area contributed by atoms with E-state index in [1.165, 1.54) is 49.7 Å². The topological polar surface area (TPSA) is 8.17 Å². The lowest BCUT2D eigenvalue weighted by Gasteiger charge is -2.29. The Labute approximate surface area is 362 Å². The highest BCUT2D eigenvalue weighted by Crippen LogP contribution is 2.46. The lowest BCUT2D eigenvalue weighted by Crippen LogP contribution is -2.12. The van der Waals surface area contributed by atoms with E-state index in [0.717, 1.165) is 50.5 Å². The third kappa shape index (κ3) is 6.84. The number of fused-ring (bicyclic) bond motifs is 3. The first kappa shape index (κ1) is 36.8. The Morgan fingerprint density at radius 2 is 0.677 bits per heavy atom. The highest BCUT2D eigenvalue weighted by atomic mass is 15.1. The molecule has 10 aromatic carbocycles. The molecule has 0 spiro atoms. The van der Waals surface area contributed by atoms with Crippen LogP contribution in [0.4, 0.5) is 17.1 Å². The van der Waals surface area contributed by atoms with Gasteiger partial charge in [-0.3, -0.25) is 0 Å². The van der Waals surface area contributed by atoms with Crippen LogP contribution in [0.3, 0.4) is 0 Å². The fourth-order valence-corrected chi connectivity index (χ4v) is 9.00. The first-order valence-electron chi connectivity index (χ1n) is 21.3. The maximum absolute atomic E-state index is 2.48. The summed E-state index contributed by atoms with van der Waals surface area (Å²) in [6, 6.07) is 92.2. The first-order chi connectivity index (χ1) is 30.8. The Morgan fingerprint density at radius 1 is 0.258 bits per heavy atom. The summed E-state index contributed by atoms with van der Waals surface area (Å²) in [6.45, 7) is 0. The zero-order valence-electron chi connectivity index (χ0n) is 34.1. The van der Waals surface area contributed by atoms with Crippen LogP contribution in [-0.4, -0.2) is 4.57 Å². The van der Waals surface area contributed by atoms with Crippen LogP contribution in [0.5, 0.6) is 0 Å². The normalized spacial score (nSPS) is 11.2. The molecular formula is C60H42N2. The van der Waals surface area contributed by atoms with Gasteiger partial charge in [0.05, 0.1) is 22.4 Å². The second-order valence-electron chi connectivity index (χ2n) is 15.7. The monoisotopic (exact) mass is 790 g/mol. The highest BCUT2D eigenvalue weighted by molar-refractivity contribution is 6.11. The fraction of sp³-hybridized carbons (Fsp3) is 0. The van der Waals surface area contributed by atoms with Gasteiger partial charge >= 0.3 is 0 Å². The molecule has 0 aliphatic rings. The van der Waals surface area contributed by atoms with Gasteiger partial charge in [-0.25, -0.2) is 0 Å². The standard InChI is InChI=1S/C60H42N2/c1-6-18-43(19-7-1)46-30-34-51(35-31-46)61(58-40-49(44-20-8-2-9-21-44)32-37-53(58)47-24-12-4-13-25-47)52-36-39-56-55-28-16-17-29-57(55)62(60(56)42-52)59-41-50(45-22-10-3-11-23-45)33-38-54(59)48-26-14-5-15-27-48/h1-42H. The van der Waals surface area contributed by atoms with E-state index in [9.17, 15) is 0 Å². The molecule has 0 amide bonds. The predicted molar refractivity (Wildman–Crippen MR) is 263 cm³/mol. The van der Waals surface area contributed by atoms with Crippen molar-refractivity contribution in [2.75, 3.05) is 4.90 Å². The van der Waals surface area contributed by atoms with Gasteiger partial charge in [0.2, 0.25) is 0 Å². The largest absolute Gasteiger partial charge is 0.310 e. The second kappa shape index (κ2) is 16.1. The molecule has 292 valence electrons. The van der Waals surface area contributed by atoms with Crippen molar-refractivity contribution in [3.63, 3.8) is 0 Å². The molecule has 1 heterocycles. The summed E-state index contributed by atoms with van der Waals surface area (Å²) in [4.78, 5) is 2.45. The number of nitrogens with zero attached hydrogens (tertiary/aromatic N) is 2. The molecule has 0 saturated carbocycles. The maximum atomic E-state index is 2.48. The Morgan fingerprint density at radius 3 is 1.27 bits per heavy atom. The van der Waals surface area contributed by atoms with Crippen LogP contribution in [-0.2, 0) is 0 Å². The van der Waals surface area contributed by atoms with E-state index >= 15 is 0 Å². The molecule has 11 rings (SSSR count). The third-order valence-corrected chi connectivity index (χ3v) is 12.0. The molecule has 1 aromatic heterocycles. The van der Waals surface area contributed by atoms with Crippen molar-refractivity contribution < 1.29 is 0 Å². The zero-order chi connectivity index (χ0) is 41.2. The third-order valence-electron chi connectivity index (χ3n) is 12.0. The van der Waals surface area contributed by atoms with Crippen molar-refractivity contribution in [1.82, 2.24) is 4.57 Å². The van der Waals surface area contributed by atoms with Crippen LogP contribution in [0.2, 0.25) is 0 Å². The molecule has 2 nitrogen and oxygen atoms in total. The van der Waals surface area contributed by atoms with E-state index in [4.69, 9.17) is 0 Å².